The molecule has 0 saturated carbocycles. The third-order valence-corrected chi connectivity index (χ3v) is 5.99. The maximum Gasteiger partial charge on any atom is 0.407 e. The van der Waals surface area contributed by atoms with Crippen LogP contribution in [0.15, 0.2) is 16.0 Å². The minimum atomic E-state index is -0.895. The smallest absolute Gasteiger partial charge is 0.407 e. The molecule has 3 rings (SSSR count). The lowest BCUT2D eigenvalue weighted by atomic mass is 10.0. The topological polar surface area (TPSA) is 99.8 Å². The van der Waals surface area contributed by atoms with Crippen molar-refractivity contribution < 1.29 is 14.7 Å². The predicted octanol–water partition coefficient (Wildman–Crippen LogP) is 2.74. The van der Waals surface area contributed by atoms with Gasteiger partial charge in [0.1, 0.15) is 5.82 Å². The molecule has 1 saturated heterocycles. The fraction of sp³-hybridized carbons (Fsp3) is 0.400. The highest BCUT2D eigenvalue weighted by atomic mass is 79.9. The first-order valence-electron chi connectivity index (χ1n) is 7.47. The number of hydrogen-bond donors (Lipinski definition) is 2. The van der Waals surface area contributed by atoms with E-state index in [1.807, 2.05) is 18.0 Å². The second kappa shape index (κ2) is 6.56. The number of fused-ring (bicyclic) bond motifs is 1. The zero-order valence-electron chi connectivity index (χ0n) is 13.0. The predicted molar refractivity (Wildman–Crippen MR) is 96.9 cm³/mol. The van der Waals surface area contributed by atoms with Gasteiger partial charge in [0.2, 0.25) is 0 Å². The standard InChI is InChI=1S/C15H17BrN4O3S/c1-19(8-3-2-4-20(7-8)15(22)23)14-9-5-11(16)24-12(9)10(6-18-14)13(17)21/h5-6,8H,2-4,7H2,1H3,(H2,17,21)(H,22,23)/t8-/m0/s1. The average Bonchev–Trinajstić information content (AvgIpc) is 2.94. The van der Waals surface area contributed by atoms with Crippen LogP contribution in [0.3, 0.4) is 0 Å². The monoisotopic (exact) mass is 412 g/mol. The summed E-state index contributed by atoms with van der Waals surface area (Å²) in [7, 11) is 1.91. The Hall–Kier alpha value is -1.87. The van der Waals surface area contributed by atoms with Crippen molar-refractivity contribution in [1.29, 1.82) is 0 Å². The molecule has 7 nitrogen and oxygen atoms in total. The molecule has 1 aliphatic heterocycles. The van der Waals surface area contributed by atoms with E-state index < -0.39 is 12.0 Å². The number of likely N-dealkylation sites (N-methyl/N-ethyl adjacent to an activating group) is 1. The number of carbonyl (C=O) groups excluding carboxylic acids is 1. The molecule has 0 spiro atoms. The summed E-state index contributed by atoms with van der Waals surface area (Å²) in [4.78, 5) is 30.7. The maximum atomic E-state index is 11.6. The van der Waals surface area contributed by atoms with E-state index in [0.717, 1.165) is 32.5 Å². The van der Waals surface area contributed by atoms with Crippen LogP contribution in [0.2, 0.25) is 0 Å². The third kappa shape index (κ3) is 3.05. The molecule has 1 atom stereocenters. The number of hydrogen-bond acceptors (Lipinski definition) is 5. The van der Waals surface area contributed by atoms with Crippen molar-refractivity contribution in [3.63, 3.8) is 0 Å². The number of halogens is 1. The Morgan fingerprint density at radius 3 is 2.96 bits per heavy atom. The molecule has 3 heterocycles. The summed E-state index contributed by atoms with van der Waals surface area (Å²) >= 11 is 4.89. The lowest BCUT2D eigenvalue weighted by molar-refractivity contribution is 0.100. The number of nitrogens with two attached hydrogens (primary N) is 1. The summed E-state index contributed by atoms with van der Waals surface area (Å²) in [6.45, 7) is 1.00. The highest BCUT2D eigenvalue weighted by Gasteiger charge is 2.28. The molecule has 0 bridgehead atoms. The van der Waals surface area contributed by atoms with E-state index in [2.05, 4.69) is 20.9 Å². The Kier molecular flexibility index (Phi) is 4.64. The van der Waals surface area contributed by atoms with E-state index in [4.69, 9.17) is 5.73 Å². The number of likely N-dealkylation sites (tertiary alicyclic amines) is 1. The molecule has 24 heavy (non-hydrogen) atoms. The second-order valence-corrected chi connectivity index (χ2v) is 8.22. The molecular formula is C15H17BrN4O3S. The lowest BCUT2D eigenvalue weighted by Gasteiger charge is -2.37. The van der Waals surface area contributed by atoms with Gasteiger partial charge in [-0.2, -0.15) is 0 Å². The quantitative estimate of drug-likeness (QED) is 0.806. The van der Waals surface area contributed by atoms with Crippen molar-refractivity contribution in [1.82, 2.24) is 9.88 Å². The molecule has 9 heteroatoms. The second-order valence-electron chi connectivity index (χ2n) is 5.79. The van der Waals surface area contributed by atoms with Gasteiger partial charge in [-0.3, -0.25) is 4.79 Å². The van der Waals surface area contributed by atoms with Crippen molar-refractivity contribution >= 4 is 55.2 Å². The fourth-order valence-corrected chi connectivity index (χ4v) is 4.66. The Morgan fingerprint density at radius 2 is 2.29 bits per heavy atom. The molecule has 0 radical (unpaired) electrons. The highest BCUT2D eigenvalue weighted by molar-refractivity contribution is 9.11. The lowest BCUT2D eigenvalue weighted by Crippen LogP contribution is -2.48. The maximum absolute atomic E-state index is 11.6. The van der Waals surface area contributed by atoms with Crippen molar-refractivity contribution in [2.24, 2.45) is 5.73 Å². The fourth-order valence-electron chi connectivity index (χ4n) is 3.06. The normalized spacial score (nSPS) is 17.9. The van der Waals surface area contributed by atoms with E-state index >= 15 is 0 Å². The van der Waals surface area contributed by atoms with Crippen molar-refractivity contribution in [3.8, 4) is 0 Å². The number of amides is 2. The van der Waals surface area contributed by atoms with Gasteiger partial charge in [0.15, 0.2) is 0 Å². The zero-order chi connectivity index (χ0) is 17.4. The number of anilines is 1. The summed E-state index contributed by atoms with van der Waals surface area (Å²) in [6.07, 6.45) is 2.31. The molecule has 3 N–H and O–H groups in total. The number of primary amides is 1. The first-order valence-corrected chi connectivity index (χ1v) is 9.08. The van der Waals surface area contributed by atoms with E-state index in [0.29, 0.717) is 18.7 Å². The van der Waals surface area contributed by atoms with Crippen molar-refractivity contribution in [2.45, 2.75) is 18.9 Å². The number of piperidine rings is 1. The molecule has 0 aliphatic carbocycles. The van der Waals surface area contributed by atoms with Crippen LogP contribution in [-0.2, 0) is 0 Å². The third-order valence-electron chi connectivity index (χ3n) is 4.32. The molecule has 2 aromatic rings. The molecule has 0 unspecified atom stereocenters. The number of thiophene rings is 1. The van der Waals surface area contributed by atoms with Gasteiger partial charge in [-0.25, -0.2) is 9.78 Å². The van der Waals surface area contributed by atoms with Gasteiger partial charge < -0.3 is 20.6 Å². The number of carbonyl (C=O) groups is 2. The molecule has 1 fully saturated rings. The van der Waals surface area contributed by atoms with Gasteiger partial charge in [-0.1, -0.05) is 0 Å². The first kappa shape index (κ1) is 17.0. The summed E-state index contributed by atoms with van der Waals surface area (Å²) in [6, 6.07) is 1.96. The van der Waals surface area contributed by atoms with Crippen LogP contribution >= 0.6 is 27.3 Å². The van der Waals surface area contributed by atoms with E-state index in [-0.39, 0.29) is 6.04 Å². The van der Waals surface area contributed by atoms with Crippen LogP contribution in [0.1, 0.15) is 23.2 Å². The van der Waals surface area contributed by atoms with Gasteiger partial charge in [0, 0.05) is 37.8 Å². The molecular weight excluding hydrogens is 396 g/mol. The van der Waals surface area contributed by atoms with Gasteiger partial charge in [-0.05, 0) is 34.8 Å². The molecule has 2 amide bonds. The minimum Gasteiger partial charge on any atom is -0.465 e. The van der Waals surface area contributed by atoms with Crippen LogP contribution in [0, 0.1) is 0 Å². The minimum absolute atomic E-state index is 0.0450. The zero-order valence-corrected chi connectivity index (χ0v) is 15.4. The van der Waals surface area contributed by atoms with Crippen LogP contribution in [0.5, 0.6) is 0 Å². The van der Waals surface area contributed by atoms with E-state index in [1.165, 1.54) is 22.4 Å². The van der Waals surface area contributed by atoms with Crippen molar-refractivity contribution in [2.75, 3.05) is 25.0 Å². The van der Waals surface area contributed by atoms with Crippen LogP contribution < -0.4 is 10.6 Å². The summed E-state index contributed by atoms with van der Waals surface area (Å²) in [5.74, 6) is 0.222. The Balaban J connectivity index is 1.98. The first-order chi connectivity index (χ1) is 11.4. The number of aromatic nitrogens is 1. The number of pyridine rings is 1. The van der Waals surface area contributed by atoms with Gasteiger partial charge in [0.05, 0.1) is 14.0 Å². The van der Waals surface area contributed by atoms with Crippen LogP contribution in [-0.4, -0.2) is 53.2 Å². The van der Waals surface area contributed by atoms with Gasteiger partial charge >= 0.3 is 6.09 Å². The average molecular weight is 413 g/mol. The number of nitrogens with zero attached hydrogens (tertiary/aromatic N) is 3. The highest BCUT2D eigenvalue weighted by Crippen LogP contribution is 2.37. The Labute approximate surface area is 151 Å². The largest absolute Gasteiger partial charge is 0.465 e. The van der Waals surface area contributed by atoms with E-state index in [1.54, 1.807) is 0 Å². The summed E-state index contributed by atoms with van der Waals surface area (Å²) in [5.41, 5.74) is 5.83. The molecule has 0 aromatic carbocycles. The number of rotatable bonds is 3. The van der Waals surface area contributed by atoms with E-state index in [9.17, 15) is 14.7 Å². The molecule has 1 aliphatic rings. The van der Waals surface area contributed by atoms with Gasteiger partial charge in [-0.15, -0.1) is 11.3 Å². The molecule has 128 valence electrons. The van der Waals surface area contributed by atoms with Crippen LogP contribution in [0.25, 0.3) is 10.1 Å². The Bertz CT molecular complexity index is 809. The van der Waals surface area contributed by atoms with Crippen molar-refractivity contribution in [3.05, 3.63) is 21.6 Å². The summed E-state index contributed by atoms with van der Waals surface area (Å²) < 4.78 is 1.68. The van der Waals surface area contributed by atoms with Gasteiger partial charge in [0.25, 0.3) is 5.91 Å². The summed E-state index contributed by atoms with van der Waals surface area (Å²) in [5, 5.41) is 10.1. The Morgan fingerprint density at radius 1 is 1.54 bits per heavy atom. The number of carboxylic acid groups (broad SMARTS) is 1. The SMILES string of the molecule is CN(c1ncc(C(N)=O)c2sc(Br)cc12)[C@H]1CCCN(C(=O)O)C1. The molecule has 2 aromatic heterocycles. The van der Waals surface area contributed by atoms with Crippen LogP contribution in [0.4, 0.5) is 10.6 Å².